The third-order valence-electron chi connectivity index (χ3n) is 6.00. The van der Waals surface area contributed by atoms with E-state index in [-0.39, 0.29) is 35.5 Å². The zero-order chi connectivity index (χ0) is 34.3. The van der Waals surface area contributed by atoms with Gasteiger partial charge in [0.1, 0.15) is 24.7 Å². The molecule has 0 aliphatic rings. The molecule has 244 valence electrons. The minimum absolute atomic E-state index is 0.121. The zero-order valence-electron chi connectivity index (χ0n) is 26.0. The summed E-state index contributed by atoms with van der Waals surface area (Å²) in [5.41, 5.74) is 0.00619. The van der Waals surface area contributed by atoms with Crippen LogP contribution in [0.3, 0.4) is 0 Å². The van der Waals surface area contributed by atoms with E-state index in [1.54, 1.807) is 12.1 Å². The molecule has 0 fully saturated rings. The molecule has 4 rings (SSSR count). The van der Waals surface area contributed by atoms with Crippen molar-refractivity contribution in [3.8, 4) is 11.5 Å². The molecular formula is C36H36F4O6. The van der Waals surface area contributed by atoms with Crippen LogP contribution in [0.2, 0.25) is 0 Å². The summed E-state index contributed by atoms with van der Waals surface area (Å²) in [4.78, 5) is 22.4. The highest BCUT2D eigenvalue weighted by Gasteiger charge is 2.37. The van der Waals surface area contributed by atoms with Gasteiger partial charge in [0.05, 0.1) is 11.1 Å². The lowest BCUT2D eigenvalue weighted by Gasteiger charge is -2.22. The fourth-order valence-corrected chi connectivity index (χ4v) is 3.83. The highest BCUT2D eigenvalue weighted by molar-refractivity contribution is 5.93. The van der Waals surface area contributed by atoms with E-state index in [9.17, 15) is 9.59 Å². The van der Waals surface area contributed by atoms with Crippen molar-refractivity contribution in [2.24, 2.45) is 0 Å². The Kier molecular flexibility index (Phi) is 14.0. The summed E-state index contributed by atoms with van der Waals surface area (Å²) < 4.78 is 80.4. The molecule has 0 radical (unpaired) electrons. The molecule has 4 aromatic carbocycles. The second kappa shape index (κ2) is 17.4. The van der Waals surface area contributed by atoms with Gasteiger partial charge in [0, 0.05) is 22.9 Å². The number of esters is 2. The average molecular weight is 641 g/mol. The Bertz CT molecular complexity index is 1480. The van der Waals surface area contributed by atoms with Crippen LogP contribution >= 0.6 is 0 Å². The maximum Gasteiger partial charge on any atom is 0.426 e. The van der Waals surface area contributed by atoms with E-state index in [1.807, 2.05) is 27.7 Å². The molecule has 6 nitrogen and oxygen atoms in total. The number of benzene rings is 4. The number of carbonyl (C=O) groups excluding carboxylic acids is 2. The van der Waals surface area contributed by atoms with Gasteiger partial charge in [-0.2, -0.15) is 17.6 Å². The predicted molar refractivity (Wildman–Crippen MR) is 169 cm³/mol. The molecule has 0 atom stereocenters. The van der Waals surface area contributed by atoms with Crippen LogP contribution in [0.5, 0.6) is 11.5 Å². The van der Waals surface area contributed by atoms with E-state index in [1.165, 1.54) is 36.4 Å². The first-order valence-corrected chi connectivity index (χ1v) is 14.4. The van der Waals surface area contributed by atoms with E-state index < -0.39 is 35.3 Å². The van der Waals surface area contributed by atoms with Crippen molar-refractivity contribution in [3.63, 3.8) is 0 Å². The number of fused-ring (bicyclic) bond motifs is 1. The van der Waals surface area contributed by atoms with Gasteiger partial charge >= 0.3 is 24.2 Å². The number of halogens is 4. The summed E-state index contributed by atoms with van der Waals surface area (Å²) in [5.74, 6) is -1.81. The maximum absolute atomic E-state index is 15.1. The SMILES string of the molecule is C=CC(=O)OCc1ccc(C(F)(F)Oc2ccc(OC(F)(F)c3ccc(COC(=O)C=C)cc3)c3ccccc23)cc1.CC.CC. The Morgan fingerprint density at radius 1 is 0.587 bits per heavy atom. The van der Waals surface area contributed by atoms with Gasteiger partial charge in [-0.3, -0.25) is 0 Å². The van der Waals surface area contributed by atoms with Crippen molar-refractivity contribution in [2.45, 2.75) is 53.1 Å². The van der Waals surface area contributed by atoms with Gasteiger partial charge in [0.15, 0.2) is 0 Å². The van der Waals surface area contributed by atoms with Crippen LogP contribution in [0.4, 0.5) is 17.6 Å². The lowest BCUT2D eigenvalue weighted by molar-refractivity contribution is -0.186. The van der Waals surface area contributed by atoms with Gasteiger partial charge in [0.25, 0.3) is 0 Å². The first kappa shape index (κ1) is 37.1. The van der Waals surface area contributed by atoms with Crippen molar-refractivity contribution in [1.82, 2.24) is 0 Å². The highest BCUT2D eigenvalue weighted by Crippen LogP contribution is 2.41. The smallest absolute Gasteiger partial charge is 0.426 e. The molecule has 0 saturated heterocycles. The fraction of sp³-hybridized carbons (Fsp3) is 0.222. The Morgan fingerprint density at radius 2 is 0.913 bits per heavy atom. The minimum atomic E-state index is -3.78. The number of ether oxygens (including phenoxy) is 4. The number of hydrogen-bond donors (Lipinski definition) is 0. The molecule has 0 saturated carbocycles. The molecule has 0 bridgehead atoms. The highest BCUT2D eigenvalue weighted by atomic mass is 19.3. The van der Waals surface area contributed by atoms with Crippen molar-refractivity contribution in [2.75, 3.05) is 0 Å². The molecule has 0 spiro atoms. The van der Waals surface area contributed by atoms with Gasteiger partial charge in [-0.1, -0.05) is 89.4 Å². The molecule has 0 N–H and O–H groups in total. The topological polar surface area (TPSA) is 71.1 Å². The van der Waals surface area contributed by atoms with Crippen LogP contribution in [0.1, 0.15) is 49.9 Å². The van der Waals surface area contributed by atoms with Crippen molar-refractivity contribution >= 4 is 22.7 Å². The molecule has 0 amide bonds. The molecule has 46 heavy (non-hydrogen) atoms. The van der Waals surface area contributed by atoms with E-state index in [2.05, 4.69) is 13.2 Å². The van der Waals surface area contributed by atoms with E-state index >= 15 is 17.6 Å². The summed E-state index contributed by atoms with van der Waals surface area (Å²) >= 11 is 0. The fourth-order valence-electron chi connectivity index (χ4n) is 3.83. The van der Waals surface area contributed by atoms with Gasteiger partial charge in [-0.25, -0.2) is 9.59 Å². The molecule has 4 aromatic rings. The first-order chi connectivity index (χ1) is 22.0. The van der Waals surface area contributed by atoms with Gasteiger partial charge in [-0.15, -0.1) is 0 Å². The Hall–Kier alpha value is -5.12. The summed E-state index contributed by atoms with van der Waals surface area (Å²) in [7, 11) is 0. The second-order valence-corrected chi connectivity index (χ2v) is 8.86. The van der Waals surface area contributed by atoms with E-state index in [0.29, 0.717) is 11.1 Å². The standard InChI is InChI=1S/C32H24F4O6.2C2H6/c1-3-29(37)39-19-21-9-13-23(14-10-21)31(33,34)41-27-17-18-28(26-8-6-5-7-25(26)27)42-32(35,36)24-15-11-22(12-16-24)20-40-30(38)4-2;2*1-2/h3-18H,1-2,19-20H2;2*1-2H3. The lowest BCUT2D eigenvalue weighted by atomic mass is 10.1. The molecular weight excluding hydrogens is 604 g/mol. The predicted octanol–water partition coefficient (Wildman–Crippen LogP) is 9.61. The second-order valence-electron chi connectivity index (χ2n) is 8.86. The average Bonchev–Trinajstić information content (AvgIpc) is 3.09. The van der Waals surface area contributed by atoms with Crippen LogP contribution in [-0.4, -0.2) is 11.9 Å². The monoisotopic (exact) mass is 640 g/mol. The zero-order valence-corrected chi connectivity index (χ0v) is 26.0. The largest absolute Gasteiger partial charge is 0.458 e. The number of carbonyl (C=O) groups is 2. The molecule has 0 aromatic heterocycles. The van der Waals surface area contributed by atoms with Crippen LogP contribution in [0, 0.1) is 0 Å². The maximum atomic E-state index is 15.1. The van der Waals surface area contributed by atoms with Crippen LogP contribution in [-0.2, 0) is 44.5 Å². The Labute approximate surface area is 265 Å². The molecule has 0 heterocycles. The lowest BCUT2D eigenvalue weighted by Crippen LogP contribution is -2.23. The van der Waals surface area contributed by atoms with E-state index in [0.717, 1.165) is 48.6 Å². The number of hydrogen-bond acceptors (Lipinski definition) is 6. The molecule has 0 aliphatic carbocycles. The molecule has 10 heteroatoms. The van der Waals surface area contributed by atoms with Crippen molar-refractivity contribution in [3.05, 3.63) is 132 Å². The Morgan fingerprint density at radius 3 is 1.22 bits per heavy atom. The van der Waals surface area contributed by atoms with Crippen molar-refractivity contribution < 1.29 is 46.1 Å². The van der Waals surface area contributed by atoms with E-state index in [4.69, 9.17) is 18.9 Å². The minimum Gasteiger partial charge on any atom is -0.458 e. The molecule has 0 aliphatic heterocycles. The number of rotatable bonds is 12. The summed E-state index contributed by atoms with van der Waals surface area (Å²) in [6.07, 6.45) is -5.59. The first-order valence-electron chi connectivity index (χ1n) is 14.4. The third kappa shape index (κ3) is 9.95. The van der Waals surface area contributed by atoms with Crippen LogP contribution in [0.25, 0.3) is 10.8 Å². The number of alkyl halides is 4. The van der Waals surface area contributed by atoms with Crippen molar-refractivity contribution in [1.29, 1.82) is 0 Å². The Balaban J connectivity index is 0.00000177. The van der Waals surface area contributed by atoms with Crippen LogP contribution < -0.4 is 9.47 Å². The summed E-state index contributed by atoms with van der Waals surface area (Å²) in [6.45, 7) is 14.3. The summed E-state index contributed by atoms with van der Waals surface area (Å²) in [5, 5.41) is 0.246. The third-order valence-corrected chi connectivity index (χ3v) is 6.00. The quantitative estimate of drug-likeness (QED) is 0.0873. The van der Waals surface area contributed by atoms with Crippen LogP contribution in [0.15, 0.2) is 110 Å². The van der Waals surface area contributed by atoms with Gasteiger partial charge < -0.3 is 18.9 Å². The van der Waals surface area contributed by atoms with Gasteiger partial charge in [-0.05, 0) is 47.5 Å². The summed E-state index contributed by atoms with van der Waals surface area (Å²) in [6, 6.07) is 18.2. The van der Waals surface area contributed by atoms with Gasteiger partial charge in [0.2, 0.25) is 0 Å². The normalized spacial score (nSPS) is 10.7. The molecule has 0 unspecified atom stereocenters.